The van der Waals surface area contributed by atoms with E-state index in [0.29, 0.717) is 0 Å². The molecule has 3 rings (SSSR count). The zero-order chi connectivity index (χ0) is 23.2. The highest BCUT2D eigenvalue weighted by molar-refractivity contribution is 5.73. The number of alkyl halides is 3. The number of anilines is 1. The number of carbonyl (C=O) groups is 1. The van der Waals surface area contributed by atoms with Crippen molar-refractivity contribution < 1.29 is 27.8 Å². The van der Waals surface area contributed by atoms with Crippen LogP contribution in [0.4, 0.5) is 19.1 Å². The van der Waals surface area contributed by atoms with E-state index in [-0.39, 0.29) is 12.1 Å². The largest absolute Gasteiger partial charge is 0.490 e. The first-order valence-electron chi connectivity index (χ1n) is 9.69. The molecule has 7 nitrogen and oxygen atoms in total. The Morgan fingerprint density at radius 2 is 1.77 bits per heavy atom. The predicted molar refractivity (Wildman–Crippen MR) is 110 cm³/mol. The van der Waals surface area contributed by atoms with E-state index in [9.17, 15) is 13.2 Å². The summed E-state index contributed by atoms with van der Waals surface area (Å²) in [5.41, 5.74) is 3.27. The summed E-state index contributed by atoms with van der Waals surface area (Å²) in [6, 6.07) is 12.8. The van der Waals surface area contributed by atoms with E-state index in [0.717, 1.165) is 37.0 Å². The Bertz CT molecular complexity index is 844. The molecule has 0 bridgehead atoms. The Labute approximate surface area is 179 Å². The molecule has 31 heavy (non-hydrogen) atoms. The van der Waals surface area contributed by atoms with Gasteiger partial charge in [0.1, 0.15) is 0 Å². The number of nitrogens with zero attached hydrogens (tertiary/aromatic N) is 4. The minimum absolute atomic E-state index is 0.0839. The minimum atomic E-state index is -5.08. The average Bonchev–Trinajstić information content (AvgIpc) is 2.68. The van der Waals surface area contributed by atoms with E-state index in [4.69, 9.17) is 14.6 Å². The number of hydrogen-bond donors (Lipinski definition) is 1. The SMILES string of the molecule is Cc1cc(C)nc(N(C)CC2OCCN(C)C2c2ccccc2)n1.O=C(O)C(F)(F)F. The molecule has 0 spiro atoms. The second-order valence-corrected chi connectivity index (χ2v) is 7.38. The van der Waals surface area contributed by atoms with E-state index >= 15 is 0 Å². The van der Waals surface area contributed by atoms with Crippen LogP contribution in [0.15, 0.2) is 36.4 Å². The van der Waals surface area contributed by atoms with E-state index in [1.807, 2.05) is 27.0 Å². The van der Waals surface area contributed by atoms with Crippen LogP contribution in [0.3, 0.4) is 0 Å². The van der Waals surface area contributed by atoms with Crippen LogP contribution >= 0.6 is 0 Å². The Morgan fingerprint density at radius 1 is 1.23 bits per heavy atom. The van der Waals surface area contributed by atoms with Crippen molar-refractivity contribution in [2.45, 2.75) is 32.2 Å². The molecular weight excluding hydrogens is 413 g/mol. The summed E-state index contributed by atoms with van der Waals surface area (Å²) in [6.45, 7) is 6.46. The minimum Gasteiger partial charge on any atom is -0.475 e. The highest BCUT2D eigenvalue weighted by Crippen LogP contribution is 2.29. The quantitative estimate of drug-likeness (QED) is 0.782. The van der Waals surface area contributed by atoms with Gasteiger partial charge in [-0.2, -0.15) is 13.2 Å². The maximum Gasteiger partial charge on any atom is 0.490 e. The van der Waals surface area contributed by atoms with Gasteiger partial charge in [-0.15, -0.1) is 0 Å². The number of carboxylic acids is 1. The van der Waals surface area contributed by atoms with Gasteiger partial charge in [0, 0.05) is 31.5 Å². The molecule has 0 radical (unpaired) electrons. The van der Waals surface area contributed by atoms with Crippen LogP contribution < -0.4 is 4.90 Å². The lowest BCUT2D eigenvalue weighted by molar-refractivity contribution is -0.192. The maximum absolute atomic E-state index is 10.6. The van der Waals surface area contributed by atoms with E-state index in [2.05, 4.69) is 57.1 Å². The van der Waals surface area contributed by atoms with Gasteiger partial charge in [-0.05, 0) is 32.5 Å². The number of aryl methyl sites for hydroxylation is 2. The first-order chi connectivity index (χ1) is 14.5. The maximum atomic E-state index is 10.6. The van der Waals surface area contributed by atoms with E-state index in [1.165, 1.54) is 5.56 Å². The lowest BCUT2D eigenvalue weighted by Gasteiger charge is -2.40. The zero-order valence-electron chi connectivity index (χ0n) is 17.9. The first kappa shape index (κ1) is 24.5. The molecule has 1 saturated heterocycles. The van der Waals surface area contributed by atoms with Crippen LogP contribution in [0.25, 0.3) is 0 Å². The molecule has 1 fully saturated rings. The molecule has 0 aliphatic carbocycles. The summed E-state index contributed by atoms with van der Waals surface area (Å²) in [5, 5.41) is 7.12. The molecule has 2 atom stereocenters. The standard InChI is InChI=1S/C19H26N4O.C2HF3O2/c1-14-12-15(2)21-19(20-14)23(4)13-17-18(22(3)10-11-24-17)16-8-6-5-7-9-16;3-2(4,5)1(6)7/h5-9,12,17-18H,10-11,13H2,1-4H3;(H,6,7). The van der Waals surface area contributed by atoms with Gasteiger partial charge < -0.3 is 14.7 Å². The monoisotopic (exact) mass is 440 g/mol. The lowest BCUT2D eigenvalue weighted by Crippen LogP contribution is -2.48. The van der Waals surface area contributed by atoms with Gasteiger partial charge in [0.2, 0.25) is 5.95 Å². The lowest BCUT2D eigenvalue weighted by atomic mass is 9.98. The number of morpholine rings is 1. The van der Waals surface area contributed by atoms with Crippen LogP contribution in [0.5, 0.6) is 0 Å². The Balaban J connectivity index is 0.000000423. The third kappa shape index (κ3) is 7.18. The molecule has 0 amide bonds. The number of likely N-dealkylation sites (N-methyl/N-ethyl adjacent to an activating group) is 2. The fourth-order valence-corrected chi connectivity index (χ4v) is 3.36. The Hall–Kier alpha value is -2.72. The molecular formula is C21H27F3N4O3. The van der Waals surface area contributed by atoms with Gasteiger partial charge in [-0.25, -0.2) is 14.8 Å². The zero-order valence-corrected chi connectivity index (χ0v) is 17.9. The topological polar surface area (TPSA) is 78.8 Å². The van der Waals surface area contributed by atoms with Crippen LogP contribution in [0, 0.1) is 13.8 Å². The van der Waals surface area contributed by atoms with Crippen molar-refractivity contribution in [2.75, 3.05) is 38.7 Å². The number of carboxylic acid groups (broad SMARTS) is 1. The summed E-state index contributed by atoms with van der Waals surface area (Å²) < 4.78 is 37.9. The molecule has 1 aromatic carbocycles. The predicted octanol–water partition coefficient (Wildman–Crippen LogP) is 3.23. The molecule has 1 N–H and O–H groups in total. The summed E-state index contributed by atoms with van der Waals surface area (Å²) in [7, 11) is 4.20. The number of ether oxygens (including phenoxy) is 1. The van der Waals surface area contributed by atoms with Crippen molar-refractivity contribution >= 4 is 11.9 Å². The molecule has 1 aliphatic heterocycles. The van der Waals surface area contributed by atoms with E-state index < -0.39 is 12.1 Å². The summed E-state index contributed by atoms with van der Waals surface area (Å²) in [4.78, 5) is 22.5. The Kier molecular flexibility index (Phi) is 8.35. The average molecular weight is 440 g/mol. The number of aromatic nitrogens is 2. The van der Waals surface area contributed by atoms with Crippen molar-refractivity contribution in [2.24, 2.45) is 0 Å². The normalized spacial score (nSPS) is 19.3. The van der Waals surface area contributed by atoms with Crippen molar-refractivity contribution in [3.63, 3.8) is 0 Å². The van der Waals surface area contributed by atoms with Gasteiger partial charge in [-0.3, -0.25) is 4.90 Å². The smallest absolute Gasteiger partial charge is 0.475 e. The van der Waals surface area contributed by atoms with Crippen LogP contribution in [0.2, 0.25) is 0 Å². The van der Waals surface area contributed by atoms with Crippen molar-refractivity contribution in [1.29, 1.82) is 0 Å². The first-order valence-corrected chi connectivity index (χ1v) is 9.69. The highest BCUT2D eigenvalue weighted by Gasteiger charge is 2.38. The molecule has 170 valence electrons. The van der Waals surface area contributed by atoms with Gasteiger partial charge in [0.05, 0.1) is 18.8 Å². The van der Waals surface area contributed by atoms with Gasteiger partial charge in [0.25, 0.3) is 0 Å². The highest BCUT2D eigenvalue weighted by atomic mass is 19.4. The van der Waals surface area contributed by atoms with Crippen LogP contribution in [-0.4, -0.2) is 72.0 Å². The van der Waals surface area contributed by atoms with Gasteiger partial charge >= 0.3 is 12.1 Å². The summed E-state index contributed by atoms with van der Waals surface area (Å²) >= 11 is 0. The van der Waals surface area contributed by atoms with Gasteiger partial charge in [0.15, 0.2) is 0 Å². The molecule has 1 aliphatic rings. The third-order valence-corrected chi connectivity index (χ3v) is 4.75. The summed E-state index contributed by atoms with van der Waals surface area (Å²) in [6.07, 6.45) is -5.00. The van der Waals surface area contributed by atoms with Crippen LogP contribution in [-0.2, 0) is 9.53 Å². The van der Waals surface area contributed by atoms with Crippen LogP contribution in [0.1, 0.15) is 23.0 Å². The molecule has 2 unspecified atom stereocenters. The second kappa shape index (κ2) is 10.5. The fraction of sp³-hybridized carbons (Fsp3) is 0.476. The molecule has 0 saturated carbocycles. The molecule has 1 aromatic heterocycles. The van der Waals surface area contributed by atoms with Crippen molar-refractivity contribution in [3.8, 4) is 0 Å². The molecule has 2 heterocycles. The third-order valence-electron chi connectivity index (χ3n) is 4.75. The number of aliphatic carboxylic acids is 1. The number of benzene rings is 1. The van der Waals surface area contributed by atoms with Crippen molar-refractivity contribution in [1.82, 2.24) is 14.9 Å². The number of halogens is 3. The fourth-order valence-electron chi connectivity index (χ4n) is 3.36. The molecule has 2 aromatic rings. The van der Waals surface area contributed by atoms with E-state index in [1.54, 1.807) is 0 Å². The number of hydrogen-bond acceptors (Lipinski definition) is 6. The van der Waals surface area contributed by atoms with Crippen molar-refractivity contribution in [3.05, 3.63) is 53.3 Å². The number of rotatable bonds is 4. The van der Waals surface area contributed by atoms with Gasteiger partial charge in [-0.1, -0.05) is 30.3 Å². The summed E-state index contributed by atoms with van der Waals surface area (Å²) in [5.74, 6) is -2.00. The Morgan fingerprint density at radius 3 is 2.29 bits per heavy atom. The molecule has 10 heteroatoms. The second-order valence-electron chi connectivity index (χ2n) is 7.38.